The lowest BCUT2D eigenvalue weighted by Crippen LogP contribution is -2.40. The summed E-state index contributed by atoms with van der Waals surface area (Å²) in [6.07, 6.45) is 5.31. The standard InChI is InChI=1S/C34H39N3O5S/c1-5-9-27-30(33(40)41-6-2)31(25-14-12-24(13-15-25)22(3)4)37-32(39)28(43-34(37)35-27)20-23-10-16-26(17-11-23)42-21-29(38)36-18-7-8-19-36/h10-17,20,22,31H,5-9,18-19,21H2,1-4H3/b28-20+/t31-/m0/s1. The number of rotatable bonds is 10. The molecule has 1 aromatic heterocycles. The van der Waals surface area contributed by atoms with E-state index in [1.807, 2.05) is 42.2 Å². The van der Waals surface area contributed by atoms with Gasteiger partial charge in [-0.2, -0.15) is 0 Å². The van der Waals surface area contributed by atoms with Gasteiger partial charge in [0.1, 0.15) is 5.75 Å². The Morgan fingerprint density at radius 3 is 2.37 bits per heavy atom. The number of nitrogens with zero attached hydrogens (tertiary/aromatic N) is 3. The smallest absolute Gasteiger partial charge is 0.338 e. The van der Waals surface area contributed by atoms with Gasteiger partial charge in [0.15, 0.2) is 11.4 Å². The van der Waals surface area contributed by atoms with Crippen molar-refractivity contribution >= 4 is 29.3 Å². The van der Waals surface area contributed by atoms with E-state index >= 15 is 0 Å². The zero-order valence-corrected chi connectivity index (χ0v) is 26.1. The molecule has 0 N–H and O–H groups in total. The van der Waals surface area contributed by atoms with Crippen LogP contribution in [-0.4, -0.2) is 47.6 Å². The molecule has 1 fully saturated rings. The summed E-state index contributed by atoms with van der Waals surface area (Å²) in [5.41, 5.74) is 3.71. The van der Waals surface area contributed by atoms with Gasteiger partial charge >= 0.3 is 5.97 Å². The maximum absolute atomic E-state index is 14.0. The molecule has 9 heteroatoms. The van der Waals surface area contributed by atoms with Crippen LogP contribution in [0.4, 0.5) is 0 Å². The molecule has 1 saturated heterocycles. The van der Waals surface area contributed by atoms with Gasteiger partial charge in [-0.15, -0.1) is 0 Å². The van der Waals surface area contributed by atoms with E-state index in [0.29, 0.717) is 38.7 Å². The molecule has 3 aromatic rings. The minimum absolute atomic E-state index is 0.000663. The van der Waals surface area contributed by atoms with Crippen molar-refractivity contribution in [2.45, 2.75) is 65.3 Å². The van der Waals surface area contributed by atoms with Crippen LogP contribution in [0.5, 0.6) is 5.75 Å². The molecule has 0 spiro atoms. The molecule has 3 heterocycles. The molecule has 2 aliphatic rings. The topological polar surface area (TPSA) is 90.2 Å². The predicted molar refractivity (Wildman–Crippen MR) is 168 cm³/mol. The van der Waals surface area contributed by atoms with E-state index in [4.69, 9.17) is 14.5 Å². The third kappa shape index (κ3) is 6.67. The van der Waals surface area contributed by atoms with Crippen molar-refractivity contribution in [3.05, 3.63) is 96.2 Å². The van der Waals surface area contributed by atoms with Gasteiger partial charge in [-0.3, -0.25) is 14.2 Å². The first-order valence-electron chi connectivity index (χ1n) is 15.1. The lowest BCUT2D eigenvalue weighted by Gasteiger charge is -2.26. The molecule has 0 unspecified atom stereocenters. The van der Waals surface area contributed by atoms with Crippen LogP contribution < -0.4 is 19.6 Å². The highest BCUT2D eigenvalue weighted by Gasteiger charge is 2.34. The van der Waals surface area contributed by atoms with Crippen molar-refractivity contribution in [2.75, 3.05) is 26.3 Å². The first-order valence-corrected chi connectivity index (χ1v) is 15.9. The Morgan fingerprint density at radius 2 is 1.74 bits per heavy atom. The molecule has 1 atom stereocenters. The van der Waals surface area contributed by atoms with Crippen LogP contribution in [0.25, 0.3) is 6.08 Å². The van der Waals surface area contributed by atoms with Crippen LogP contribution in [0.1, 0.15) is 82.0 Å². The van der Waals surface area contributed by atoms with Crippen LogP contribution >= 0.6 is 11.3 Å². The summed E-state index contributed by atoms with van der Waals surface area (Å²) in [6.45, 7) is 9.93. The van der Waals surface area contributed by atoms with Crippen molar-refractivity contribution in [2.24, 2.45) is 4.99 Å². The van der Waals surface area contributed by atoms with E-state index in [9.17, 15) is 14.4 Å². The van der Waals surface area contributed by atoms with E-state index in [1.54, 1.807) is 23.6 Å². The van der Waals surface area contributed by atoms with E-state index in [0.717, 1.165) is 43.5 Å². The summed E-state index contributed by atoms with van der Waals surface area (Å²) in [5.74, 6) is 0.509. The van der Waals surface area contributed by atoms with Gasteiger partial charge < -0.3 is 14.4 Å². The Labute approximate surface area is 256 Å². The van der Waals surface area contributed by atoms with Gasteiger partial charge in [0.25, 0.3) is 11.5 Å². The van der Waals surface area contributed by atoms with Crippen molar-refractivity contribution in [1.29, 1.82) is 0 Å². The van der Waals surface area contributed by atoms with Gasteiger partial charge in [0.05, 0.1) is 28.5 Å². The number of allylic oxidation sites excluding steroid dienone is 1. The number of esters is 1. The number of hydrogen-bond acceptors (Lipinski definition) is 7. The van der Waals surface area contributed by atoms with Crippen LogP contribution in [0, 0.1) is 0 Å². The number of ether oxygens (including phenoxy) is 2. The third-order valence-electron chi connectivity index (χ3n) is 7.81. The lowest BCUT2D eigenvalue weighted by molar-refractivity contribution is -0.139. The summed E-state index contributed by atoms with van der Waals surface area (Å²) in [5, 5.41) is 0. The van der Waals surface area contributed by atoms with E-state index < -0.39 is 12.0 Å². The lowest BCUT2D eigenvalue weighted by atomic mass is 9.92. The Bertz CT molecular complexity index is 1680. The highest BCUT2D eigenvalue weighted by atomic mass is 32.1. The average molecular weight is 602 g/mol. The predicted octanol–water partition coefficient (Wildman–Crippen LogP) is 4.70. The number of benzene rings is 2. The average Bonchev–Trinajstić information content (AvgIpc) is 3.65. The molecule has 0 radical (unpaired) electrons. The number of likely N-dealkylation sites (tertiary alicyclic amines) is 1. The minimum atomic E-state index is -0.635. The second-order valence-corrected chi connectivity index (χ2v) is 12.2. The first-order chi connectivity index (χ1) is 20.8. The zero-order valence-electron chi connectivity index (χ0n) is 25.3. The molecule has 2 aromatic carbocycles. The van der Waals surface area contributed by atoms with E-state index in [-0.39, 0.29) is 24.7 Å². The fourth-order valence-electron chi connectivity index (χ4n) is 5.51. The van der Waals surface area contributed by atoms with Gasteiger partial charge in [0, 0.05) is 13.1 Å². The van der Waals surface area contributed by atoms with Gasteiger partial charge in [-0.05, 0) is 67.0 Å². The molecule has 1 amide bonds. The molecular weight excluding hydrogens is 562 g/mol. The molecule has 226 valence electrons. The second kappa shape index (κ2) is 13.5. The molecule has 2 aliphatic heterocycles. The van der Waals surface area contributed by atoms with Gasteiger partial charge in [0.2, 0.25) is 0 Å². The van der Waals surface area contributed by atoms with Crippen molar-refractivity contribution in [3.8, 4) is 5.75 Å². The Morgan fingerprint density at radius 1 is 1.05 bits per heavy atom. The molecular formula is C34H39N3O5S. The van der Waals surface area contributed by atoms with Crippen LogP contribution in [0.2, 0.25) is 0 Å². The summed E-state index contributed by atoms with van der Waals surface area (Å²) >= 11 is 1.31. The molecule has 0 bridgehead atoms. The van der Waals surface area contributed by atoms with Crippen LogP contribution in [-0.2, 0) is 14.3 Å². The number of hydrogen-bond donors (Lipinski definition) is 0. The Kier molecular flexibility index (Phi) is 9.60. The normalized spacial score (nSPS) is 16.8. The van der Waals surface area contributed by atoms with E-state index in [1.165, 1.54) is 16.9 Å². The monoisotopic (exact) mass is 601 g/mol. The molecule has 43 heavy (non-hydrogen) atoms. The van der Waals surface area contributed by atoms with Crippen LogP contribution in [0.3, 0.4) is 0 Å². The number of carbonyl (C=O) groups is 2. The highest BCUT2D eigenvalue weighted by Crippen LogP contribution is 2.33. The minimum Gasteiger partial charge on any atom is -0.484 e. The number of fused-ring (bicyclic) bond motifs is 1. The van der Waals surface area contributed by atoms with Crippen molar-refractivity contribution in [3.63, 3.8) is 0 Å². The number of amides is 1. The number of thiazole rings is 1. The largest absolute Gasteiger partial charge is 0.484 e. The first kappa shape index (κ1) is 30.5. The molecule has 8 nitrogen and oxygen atoms in total. The SMILES string of the molecule is CCCC1=C(C(=O)OCC)[C@H](c2ccc(C(C)C)cc2)n2c(s/c(=C/c3ccc(OCC(=O)N4CCCC4)cc3)c2=O)=N1. The Hall–Kier alpha value is -3.98. The van der Waals surface area contributed by atoms with Crippen molar-refractivity contribution < 1.29 is 19.1 Å². The van der Waals surface area contributed by atoms with Gasteiger partial charge in [-0.25, -0.2) is 9.79 Å². The fourth-order valence-corrected chi connectivity index (χ4v) is 6.53. The zero-order chi connectivity index (χ0) is 30.5. The fraction of sp³-hybridized carbons (Fsp3) is 0.412. The Balaban J connectivity index is 1.51. The molecule has 0 saturated carbocycles. The second-order valence-electron chi connectivity index (χ2n) is 11.2. The summed E-state index contributed by atoms with van der Waals surface area (Å²) < 4.78 is 13.4. The van der Waals surface area contributed by atoms with Gasteiger partial charge in [-0.1, -0.05) is 74.9 Å². The van der Waals surface area contributed by atoms with Crippen LogP contribution in [0.15, 0.2) is 69.6 Å². The maximum atomic E-state index is 14.0. The highest BCUT2D eigenvalue weighted by molar-refractivity contribution is 7.07. The quantitative estimate of drug-likeness (QED) is 0.314. The van der Waals surface area contributed by atoms with E-state index in [2.05, 4.69) is 26.0 Å². The summed E-state index contributed by atoms with van der Waals surface area (Å²) in [7, 11) is 0. The molecule has 0 aliphatic carbocycles. The molecule has 5 rings (SSSR count). The summed E-state index contributed by atoms with van der Waals surface area (Å²) in [4.78, 5) is 46.9. The van der Waals surface area contributed by atoms with Crippen molar-refractivity contribution in [1.82, 2.24) is 9.47 Å². The number of carbonyl (C=O) groups excluding carboxylic acids is 2. The summed E-state index contributed by atoms with van der Waals surface area (Å²) in [6, 6.07) is 14.8. The number of aromatic nitrogens is 1. The maximum Gasteiger partial charge on any atom is 0.338 e. The third-order valence-corrected chi connectivity index (χ3v) is 8.79.